The maximum Gasteiger partial charge on any atom is 0.194 e. The van der Waals surface area contributed by atoms with E-state index >= 15 is 0 Å². The lowest BCUT2D eigenvalue weighted by molar-refractivity contribution is 0.0423. The fourth-order valence-corrected chi connectivity index (χ4v) is 4.30. The summed E-state index contributed by atoms with van der Waals surface area (Å²) in [5.41, 5.74) is 6.09. The first-order valence-electron chi connectivity index (χ1n) is 11.0. The van der Waals surface area contributed by atoms with Crippen LogP contribution in [0.2, 0.25) is 0 Å². The number of thiazole rings is 1. The summed E-state index contributed by atoms with van der Waals surface area (Å²) in [6.45, 7) is 6.29. The van der Waals surface area contributed by atoms with Crippen LogP contribution in [-0.4, -0.2) is 58.1 Å². The van der Waals surface area contributed by atoms with E-state index in [1.54, 1.807) is 50.6 Å². The summed E-state index contributed by atoms with van der Waals surface area (Å²) in [7, 11) is 3.71. The SMILES string of the molecule is CCC(CCNC(C)(C)O)NN(C)/C(=C\C=NC)c1c(-c2ccc(F)cc2)nc2sccn12. The van der Waals surface area contributed by atoms with Crippen LogP contribution in [0.15, 0.2) is 46.9 Å². The van der Waals surface area contributed by atoms with Crippen LogP contribution in [-0.2, 0) is 0 Å². The minimum atomic E-state index is -0.904. The summed E-state index contributed by atoms with van der Waals surface area (Å²) in [5.74, 6) is -0.278. The van der Waals surface area contributed by atoms with Crippen molar-refractivity contribution < 1.29 is 9.50 Å². The minimum absolute atomic E-state index is 0.187. The first-order chi connectivity index (χ1) is 15.7. The Balaban J connectivity index is 1.95. The molecule has 0 saturated carbocycles. The Morgan fingerprint density at radius 3 is 2.73 bits per heavy atom. The zero-order valence-corrected chi connectivity index (χ0v) is 20.7. The maximum atomic E-state index is 13.6. The number of halogens is 1. The van der Waals surface area contributed by atoms with E-state index in [0.717, 1.165) is 40.5 Å². The molecule has 3 aromatic rings. The molecule has 0 aliphatic heterocycles. The van der Waals surface area contributed by atoms with Crippen molar-refractivity contribution in [3.05, 3.63) is 53.4 Å². The second-order valence-electron chi connectivity index (χ2n) is 8.40. The first-order valence-corrected chi connectivity index (χ1v) is 11.9. The van der Waals surface area contributed by atoms with E-state index in [4.69, 9.17) is 4.98 Å². The summed E-state index contributed by atoms with van der Waals surface area (Å²) < 4.78 is 15.6. The number of aliphatic hydroxyl groups is 1. The number of allylic oxidation sites excluding steroid dienone is 1. The first kappa shape index (κ1) is 25.0. The number of hydrogen-bond donors (Lipinski definition) is 3. The van der Waals surface area contributed by atoms with Gasteiger partial charge in [-0.2, -0.15) is 0 Å². The van der Waals surface area contributed by atoms with Gasteiger partial charge >= 0.3 is 0 Å². The number of imidazole rings is 1. The van der Waals surface area contributed by atoms with Crippen molar-refractivity contribution in [3.8, 4) is 11.3 Å². The molecule has 2 aromatic heterocycles. The fourth-order valence-electron chi connectivity index (χ4n) is 3.59. The van der Waals surface area contributed by atoms with E-state index in [1.807, 2.05) is 34.1 Å². The summed E-state index contributed by atoms with van der Waals surface area (Å²) in [6, 6.07) is 6.59. The molecule has 3 rings (SSSR count). The molecule has 0 fully saturated rings. The number of nitrogens with zero attached hydrogens (tertiary/aromatic N) is 4. The Labute approximate surface area is 198 Å². The van der Waals surface area contributed by atoms with E-state index in [-0.39, 0.29) is 11.9 Å². The molecule has 9 heteroatoms. The number of aliphatic imine (C=N–C) groups is 1. The number of rotatable bonds is 11. The Hall–Kier alpha value is -2.59. The van der Waals surface area contributed by atoms with E-state index < -0.39 is 5.72 Å². The maximum absolute atomic E-state index is 13.6. The molecule has 178 valence electrons. The summed E-state index contributed by atoms with van der Waals surface area (Å²) >= 11 is 1.55. The molecule has 0 saturated heterocycles. The second kappa shape index (κ2) is 11.0. The van der Waals surface area contributed by atoms with Gasteiger partial charge in [0.25, 0.3) is 0 Å². The van der Waals surface area contributed by atoms with Crippen LogP contribution < -0.4 is 10.7 Å². The zero-order chi connectivity index (χ0) is 24.0. The highest BCUT2D eigenvalue weighted by Crippen LogP contribution is 2.32. The molecule has 0 aliphatic rings. The average molecular weight is 473 g/mol. The summed E-state index contributed by atoms with van der Waals surface area (Å²) in [5, 5.41) is 17.0. The van der Waals surface area contributed by atoms with Crippen molar-refractivity contribution in [1.29, 1.82) is 0 Å². The number of fused-ring (bicyclic) bond motifs is 1. The standard InChI is InChI=1S/C24H33FN6OS/c1-6-19(11-14-27-24(2,3)32)29-30(5)20(12-13-26-4)22-21(17-7-9-18(25)10-8-17)28-23-31(22)15-16-33-23/h7-10,12-13,15-16,19,27,29,32H,6,11,14H2,1-5H3/b20-12-,26-13?. The van der Waals surface area contributed by atoms with Gasteiger partial charge in [0.15, 0.2) is 4.96 Å². The van der Waals surface area contributed by atoms with Crippen molar-refractivity contribution in [2.24, 2.45) is 4.99 Å². The van der Waals surface area contributed by atoms with Gasteiger partial charge in [0.1, 0.15) is 11.5 Å². The molecule has 7 nitrogen and oxygen atoms in total. The molecule has 3 N–H and O–H groups in total. The molecule has 1 aromatic carbocycles. The molecule has 0 radical (unpaired) electrons. The number of nitrogens with one attached hydrogen (secondary N) is 2. The minimum Gasteiger partial charge on any atom is -0.376 e. The summed E-state index contributed by atoms with van der Waals surface area (Å²) in [6.07, 6.45) is 7.45. The molecular formula is C24H33FN6OS. The normalized spacial score (nSPS) is 13.8. The third kappa shape index (κ3) is 6.48. The monoisotopic (exact) mass is 472 g/mol. The molecule has 1 atom stereocenters. The highest BCUT2D eigenvalue weighted by Gasteiger charge is 2.22. The summed E-state index contributed by atoms with van der Waals surface area (Å²) in [4.78, 5) is 9.86. The molecule has 2 heterocycles. The quantitative estimate of drug-likeness (QED) is 0.222. The smallest absolute Gasteiger partial charge is 0.194 e. The van der Waals surface area contributed by atoms with Crippen molar-refractivity contribution in [2.45, 2.75) is 45.4 Å². The van der Waals surface area contributed by atoms with Gasteiger partial charge in [-0.15, -0.1) is 11.3 Å². The van der Waals surface area contributed by atoms with Crippen LogP contribution in [0.5, 0.6) is 0 Å². The van der Waals surface area contributed by atoms with Gasteiger partial charge in [-0.05, 0) is 63.6 Å². The Bertz CT molecular complexity index is 1100. The Morgan fingerprint density at radius 2 is 2.09 bits per heavy atom. The number of aromatic nitrogens is 2. The van der Waals surface area contributed by atoms with E-state index in [0.29, 0.717) is 6.54 Å². The zero-order valence-electron chi connectivity index (χ0n) is 19.8. The van der Waals surface area contributed by atoms with E-state index in [2.05, 4.69) is 22.7 Å². The fraction of sp³-hybridized carbons (Fsp3) is 0.417. The van der Waals surface area contributed by atoms with Crippen LogP contribution in [0.1, 0.15) is 39.3 Å². The molecule has 33 heavy (non-hydrogen) atoms. The van der Waals surface area contributed by atoms with Crippen LogP contribution in [0.4, 0.5) is 4.39 Å². The van der Waals surface area contributed by atoms with Gasteiger partial charge in [0.2, 0.25) is 0 Å². The molecule has 0 aliphatic carbocycles. The molecular weight excluding hydrogens is 439 g/mol. The Kier molecular flexibility index (Phi) is 8.36. The molecule has 0 bridgehead atoms. The van der Waals surface area contributed by atoms with Gasteiger partial charge < -0.3 is 10.1 Å². The predicted molar refractivity (Wildman–Crippen MR) is 135 cm³/mol. The average Bonchev–Trinajstić information content (AvgIpc) is 3.35. The third-order valence-electron chi connectivity index (χ3n) is 5.28. The Morgan fingerprint density at radius 1 is 1.36 bits per heavy atom. The largest absolute Gasteiger partial charge is 0.376 e. The number of benzene rings is 1. The predicted octanol–water partition coefficient (Wildman–Crippen LogP) is 4.17. The highest BCUT2D eigenvalue weighted by atomic mass is 32.1. The third-order valence-corrected chi connectivity index (χ3v) is 6.04. The molecule has 0 spiro atoms. The lowest BCUT2D eigenvalue weighted by Crippen LogP contribution is -2.45. The lowest BCUT2D eigenvalue weighted by Gasteiger charge is -2.30. The highest BCUT2D eigenvalue weighted by molar-refractivity contribution is 7.15. The van der Waals surface area contributed by atoms with Crippen molar-refractivity contribution >= 4 is 28.2 Å². The number of hydrogen-bond acceptors (Lipinski definition) is 7. The van der Waals surface area contributed by atoms with Crippen LogP contribution in [0, 0.1) is 5.82 Å². The van der Waals surface area contributed by atoms with Crippen molar-refractivity contribution in [2.75, 3.05) is 20.6 Å². The van der Waals surface area contributed by atoms with Gasteiger partial charge in [-0.3, -0.25) is 14.7 Å². The van der Waals surface area contributed by atoms with Gasteiger partial charge in [0.05, 0.1) is 17.1 Å². The second-order valence-corrected chi connectivity index (χ2v) is 9.27. The molecule has 1 unspecified atom stereocenters. The van der Waals surface area contributed by atoms with Crippen molar-refractivity contribution in [3.63, 3.8) is 0 Å². The van der Waals surface area contributed by atoms with E-state index in [9.17, 15) is 9.50 Å². The van der Waals surface area contributed by atoms with Gasteiger partial charge in [0, 0.05) is 43.5 Å². The van der Waals surface area contributed by atoms with Crippen LogP contribution in [0.3, 0.4) is 0 Å². The van der Waals surface area contributed by atoms with Gasteiger partial charge in [-0.25, -0.2) is 14.8 Å². The molecule has 0 amide bonds. The van der Waals surface area contributed by atoms with Gasteiger partial charge in [-0.1, -0.05) is 6.92 Å². The van der Waals surface area contributed by atoms with Crippen molar-refractivity contribution in [1.82, 2.24) is 25.1 Å². The topological polar surface area (TPSA) is 77.2 Å². The van der Waals surface area contributed by atoms with E-state index in [1.165, 1.54) is 12.1 Å². The van der Waals surface area contributed by atoms with Crippen LogP contribution in [0.25, 0.3) is 21.9 Å². The number of hydrazine groups is 1. The van der Waals surface area contributed by atoms with Crippen LogP contribution >= 0.6 is 11.3 Å². The lowest BCUT2D eigenvalue weighted by atomic mass is 10.1.